The van der Waals surface area contributed by atoms with Crippen LogP contribution in [0.25, 0.3) is 0 Å². The van der Waals surface area contributed by atoms with Crippen LogP contribution in [-0.2, 0) is 6.42 Å². The predicted molar refractivity (Wildman–Crippen MR) is 88.6 cm³/mol. The summed E-state index contributed by atoms with van der Waals surface area (Å²) in [7, 11) is 0. The van der Waals surface area contributed by atoms with Gasteiger partial charge in [0.25, 0.3) is 0 Å². The van der Waals surface area contributed by atoms with E-state index in [0.717, 1.165) is 36.9 Å². The van der Waals surface area contributed by atoms with Gasteiger partial charge in [0, 0.05) is 18.6 Å². The van der Waals surface area contributed by atoms with Crippen LogP contribution in [0.4, 0.5) is 0 Å². The fourth-order valence-corrected chi connectivity index (χ4v) is 3.46. The van der Waals surface area contributed by atoms with Crippen molar-refractivity contribution >= 4 is 0 Å². The van der Waals surface area contributed by atoms with Gasteiger partial charge in [-0.3, -0.25) is 4.90 Å². The Bertz CT molecular complexity index is 492. The monoisotopic (exact) mass is 304 g/mol. The Kier molecular flexibility index (Phi) is 5.21. The summed E-state index contributed by atoms with van der Waals surface area (Å²) in [6.45, 7) is 8.48. The third-order valence-electron chi connectivity index (χ3n) is 4.91. The quantitative estimate of drug-likeness (QED) is 0.840. The number of hydrogen-bond acceptors (Lipinski definition) is 4. The maximum atomic E-state index is 5.44. The lowest BCUT2D eigenvalue weighted by atomic mass is 10.1. The van der Waals surface area contributed by atoms with Crippen molar-refractivity contribution in [3.8, 4) is 11.5 Å². The van der Waals surface area contributed by atoms with Crippen LogP contribution in [0, 0.1) is 0 Å². The molecule has 22 heavy (non-hydrogen) atoms. The molecule has 1 fully saturated rings. The average Bonchev–Trinajstić information content (AvgIpc) is 3.18. The van der Waals surface area contributed by atoms with E-state index in [4.69, 9.17) is 9.47 Å². The van der Waals surface area contributed by atoms with E-state index in [2.05, 4.69) is 36.2 Å². The van der Waals surface area contributed by atoms with Crippen molar-refractivity contribution in [2.24, 2.45) is 0 Å². The second-order valence-corrected chi connectivity index (χ2v) is 6.46. The van der Waals surface area contributed by atoms with Crippen LogP contribution in [0.3, 0.4) is 0 Å². The number of rotatable bonds is 7. The van der Waals surface area contributed by atoms with E-state index < -0.39 is 0 Å². The predicted octanol–water partition coefficient (Wildman–Crippen LogP) is 2.81. The maximum Gasteiger partial charge on any atom is 0.231 e. The molecule has 2 heterocycles. The van der Waals surface area contributed by atoms with Gasteiger partial charge in [0.15, 0.2) is 11.5 Å². The molecule has 0 saturated carbocycles. The van der Waals surface area contributed by atoms with Gasteiger partial charge in [-0.25, -0.2) is 0 Å². The molecule has 0 bridgehead atoms. The highest BCUT2D eigenvalue weighted by atomic mass is 16.7. The van der Waals surface area contributed by atoms with E-state index in [9.17, 15) is 0 Å². The summed E-state index contributed by atoms with van der Waals surface area (Å²) in [6, 6.07) is 7.57. The summed E-state index contributed by atoms with van der Waals surface area (Å²) in [5.74, 6) is 1.76. The minimum absolute atomic E-state index is 0.353. The summed E-state index contributed by atoms with van der Waals surface area (Å²) in [4.78, 5) is 2.59. The first-order valence-electron chi connectivity index (χ1n) is 8.62. The summed E-state index contributed by atoms with van der Waals surface area (Å²) in [5, 5.41) is 3.71. The smallest absolute Gasteiger partial charge is 0.231 e. The second-order valence-electron chi connectivity index (χ2n) is 6.46. The van der Waals surface area contributed by atoms with Gasteiger partial charge in [0.05, 0.1) is 0 Å². The molecule has 122 valence electrons. The average molecular weight is 304 g/mol. The Balaban J connectivity index is 1.41. The standard InChI is InChI=1S/C18H28N2O2/c1-3-20-10-4-5-16(20)12-19-14(2)6-7-15-8-9-17-18(11-15)22-13-21-17/h8-9,11,14,16,19H,3-7,10,12-13H2,1-2H3. The van der Waals surface area contributed by atoms with Crippen LogP contribution in [0.15, 0.2) is 18.2 Å². The Morgan fingerprint density at radius 3 is 3.05 bits per heavy atom. The van der Waals surface area contributed by atoms with Crippen molar-refractivity contribution in [3.05, 3.63) is 23.8 Å². The minimum atomic E-state index is 0.353. The SMILES string of the molecule is CCN1CCCC1CNC(C)CCc1ccc2c(c1)OCO2. The zero-order valence-corrected chi connectivity index (χ0v) is 13.8. The van der Waals surface area contributed by atoms with Crippen molar-refractivity contribution in [3.63, 3.8) is 0 Å². The number of likely N-dealkylation sites (N-methyl/N-ethyl adjacent to an activating group) is 1. The molecule has 0 amide bonds. The Labute approximate surface area is 133 Å². The third kappa shape index (κ3) is 3.73. The summed E-state index contributed by atoms with van der Waals surface area (Å²) >= 11 is 0. The molecule has 0 spiro atoms. The van der Waals surface area contributed by atoms with Crippen molar-refractivity contribution < 1.29 is 9.47 Å². The molecule has 4 heteroatoms. The Morgan fingerprint density at radius 2 is 2.18 bits per heavy atom. The zero-order valence-electron chi connectivity index (χ0n) is 13.8. The molecule has 1 N–H and O–H groups in total. The fraction of sp³-hybridized carbons (Fsp3) is 0.667. The fourth-order valence-electron chi connectivity index (χ4n) is 3.46. The molecule has 4 nitrogen and oxygen atoms in total. The summed E-state index contributed by atoms with van der Waals surface area (Å²) in [6.07, 6.45) is 4.92. The molecule has 2 aliphatic rings. The molecular weight excluding hydrogens is 276 g/mol. The van der Waals surface area contributed by atoms with E-state index in [1.54, 1.807) is 0 Å². The van der Waals surface area contributed by atoms with Gasteiger partial charge in [-0.2, -0.15) is 0 Å². The maximum absolute atomic E-state index is 5.44. The molecule has 0 radical (unpaired) electrons. The molecular formula is C18H28N2O2. The zero-order chi connectivity index (χ0) is 15.4. The molecule has 1 saturated heterocycles. The highest BCUT2D eigenvalue weighted by molar-refractivity contribution is 5.44. The Morgan fingerprint density at radius 1 is 1.32 bits per heavy atom. The molecule has 0 aromatic heterocycles. The van der Waals surface area contributed by atoms with E-state index in [1.165, 1.54) is 31.5 Å². The lowest BCUT2D eigenvalue weighted by Crippen LogP contribution is -2.41. The second kappa shape index (κ2) is 7.34. The summed E-state index contributed by atoms with van der Waals surface area (Å²) < 4.78 is 10.8. The van der Waals surface area contributed by atoms with Crippen molar-refractivity contribution in [1.29, 1.82) is 0 Å². The van der Waals surface area contributed by atoms with E-state index in [1.807, 2.05) is 6.07 Å². The number of nitrogens with one attached hydrogen (secondary N) is 1. The van der Waals surface area contributed by atoms with Gasteiger partial charge in [-0.1, -0.05) is 13.0 Å². The number of aryl methyl sites for hydroxylation is 1. The van der Waals surface area contributed by atoms with Crippen LogP contribution in [-0.4, -0.2) is 43.4 Å². The van der Waals surface area contributed by atoms with Crippen molar-refractivity contribution in [2.75, 3.05) is 26.4 Å². The van der Waals surface area contributed by atoms with Crippen molar-refractivity contribution in [2.45, 2.75) is 51.6 Å². The number of benzene rings is 1. The van der Waals surface area contributed by atoms with E-state index in [-0.39, 0.29) is 0 Å². The number of likely N-dealkylation sites (tertiary alicyclic amines) is 1. The van der Waals surface area contributed by atoms with Gasteiger partial charge in [0.1, 0.15) is 0 Å². The van der Waals surface area contributed by atoms with Gasteiger partial charge in [0.2, 0.25) is 6.79 Å². The summed E-state index contributed by atoms with van der Waals surface area (Å²) in [5.41, 5.74) is 1.33. The van der Waals surface area contributed by atoms with Crippen LogP contribution < -0.4 is 14.8 Å². The third-order valence-corrected chi connectivity index (χ3v) is 4.91. The van der Waals surface area contributed by atoms with Crippen LogP contribution in [0.2, 0.25) is 0 Å². The lowest BCUT2D eigenvalue weighted by molar-refractivity contribution is 0.174. The largest absolute Gasteiger partial charge is 0.454 e. The number of nitrogens with zero attached hydrogens (tertiary/aromatic N) is 1. The van der Waals surface area contributed by atoms with Crippen LogP contribution >= 0.6 is 0 Å². The van der Waals surface area contributed by atoms with Gasteiger partial charge in [-0.05, 0) is 63.4 Å². The number of ether oxygens (including phenoxy) is 2. The molecule has 2 aliphatic heterocycles. The normalized spacial score (nSPS) is 22.2. The number of fused-ring (bicyclic) bond motifs is 1. The van der Waals surface area contributed by atoms with Gasteiger partial charge in [-0.15, -0.1) is 0 Å². The van der Waals surface area contributed by atoms with E-state index >= 15 is 0 Å². The van der Waals surface area contributed by atoms with Gasteiger partial charge < -0.3 is 14.8 Å². The first-order chi connectivity index (χ1) is 10.8. The topological polar surface area (TPSA) is 33.7 Å². The molecule has 2 atom stereocenters. The molecule has 1 aromatic rings. The lowest BCUT2D eigenvalue weighted by Gasteiger charge is -2.25. The number of hydrogen-bond donors (Lipinski definition) is 1. The highest BCUT2D eigenvalue weighted by Crippen LogP contribution is 2.32. The minimum Gasteiger partial charge on any atom is -0.454 e. The molecule has 3 rings (SSSR count). The molecule has 0 aliphatic carbocycles. The van der Waals surface area contributed by atoms with Gasteiger partial charge >= 0.3 is 0 Å². The van der Waals surface area contributed by atoms with Crippen molar-refractivity contribution in [1.82, 2.24) is 10.2 Å². The Hall–Kier alpha value is -1.26. The molecule has 1 aromatic carbocycles. The van der Waals surface area contributed by atoms with Crippen LogP contribution in [0.5, 0.6) is 11.5 Å². The van der Waals surface area contributed by atoms with Crippen LogP contribution in [0.1, 0.15) is 38.7 Å². The highest BCUT2D eigenvalue weighted by Gasteiger charge is 2.22. The first-order valence-corrected chi connectivity index (χ1v) is 8.62. The first kappa shape index (κ1) is 15.6. The van der Waals surface area contributed by atoms with E-state index in [0.29, 0.717) is 12.8 Å². The molecule has 2 unspecified atom stereocenters.